The predicted octanol–water partition coefficient (Wildman–Crippen LogP) is 3.45. The van der Waals surface area contributed by atoms with Crippen molar-refractivity contribution in [2.75, 3.05) is 20.3 Å². The first-order chi connectivity index (χ1) is 12.0. The molecule has 1 aliphatic rings. The standard InChI is InChI=1S/C19H21NO4S/c1-13-7-10-25-18(13)12-20(2)19(22)6-4-15(21)14-3-5-16-17(11-14)24-9-8-23-16/h3,5,7,10-11H,4,6,8-9,12H2,1-2H3. The van der Waals surface area contributed by atoms with Gasteiger partial charge in [0.05, 0.1) is 6.54 Å². The molecule has 0 radical (unpaired) electrons. The average molecular weight is 359 g/mol. The largest absolute Gasteiger partial charge is 0.486 e. The maximum atomic E-state index is 12.4. The lowest BCUT2D eigenvalue weighted by Crippen LogP contribution is -2.26. The van der Waals surface area contributed by atoms with Crippen molar-refractivity contribution in [1.82, 2.24) is 4.90 Å². The highest BCUT2D eigenvalue weighted by atomic mass is 32.1. The number of carbonyl (C=O) groups excluding carboxylic acids is 2. The minimum atomic E-state index is -0.0639. The van der Waals surface area contributed by atoms with Gasteiger partial charge in [-0.15, -0.1) is 11.3 Å². The SMILES string of the molecule is Cc1ccsc1CN(C)C(=O)CCC(=O)c1ccc2c(c1)OCCO2. The Morgan fingerprint density at radius 2 is 1.88 bits per heavy atom. The summed E-state index contributed by atoms with van der Waals surface area (Å²) in [7, 11) is 1.77. The van der Waals surface area contributed by atoms with Crippen molar-refractivity contribution in [2.45, 2.75) is 26.3 Å². The van der Waals surface area contributed by atoms with Crippen LogP contribution in [0, 0.1) is 6.92 Å². The van der Waals surface area contributed by atoms with E-state index in [1.54, 1.807) is 41.5 Å². The van der Waals surface area contributed by atoms with Gasteiger partial charge in [0, 0.05) is 30.3 Å². The Labute approximate surface area is 151 Å². The first-order valence-corrected chi connectivity index (χ1v) is 9.12. The fraction of sp³-hybridized carbons (Fsp3) is 0.368. The van der Waals surface area contributed by atoms with Gasteiger partial charge in [0.1, 0.15) is 13.2 Å². The first-order valence-electron chi connectivity index (χ1n) is 8.24. The predicted molar refractivity (Wildman–Crippen MR) is 96.5 cm³/mol. The van der Waals surface area contributed by atoms with Crippen LogP contribution in [0.25, 0.3) is 0 Å². The molecule has 0 N–H and O–H groups in total. The number of rotatable bonds is 6. The maximum absolute atomic E-state index is 12.4. The van der Waals surface area contributed by atoms with Crippen molar-refractivity contribution < 1.29 is 19.1 Å². The quantitative estimate of drug-likeness (QED) is 0.741. The number of ketones is 1. The Hall–Kier alpha value is -2.34. The van der Waals surface area contributed by atoms with Crippen molar-refractivity contribution in [2.24, 2.45) is 0 Å². The molecule has 1 aromatic carbocycles. The molecule has 25 heavy (non-hydrogen) atoms. The number of fused-ring (bicyclic) bond motifs is 1. The normalized spacial score (nSPS) is 12.7. The molecule has 0 saturated heterocycles. The van der Waals surface area contributed by atoms with Gasteiger partial charge in [-0.05, 0) is 42.1 Å². The monoisotopic (exact) mass is 359 g/mol. The Morgan fingerprint density at radius 1 is 1.12 bits per heavy atom. The summed E-state index contributed by atoms with van der Waals surface area (Å²) in [5.74, 6) is 1.16. The van der Waals surface area contributed by atoms with Crippen LogP contribution in [0.4, 0.5) is 0 Å². The Balaban J connectivity index is 1.54. The number of carbonyl (C=O) groups is 2. The van der Waals surface area contributed by atoms with E-state index in [1.165, 1.54) is 10.4 Å². The number of Topliss-reactive ketones (excluding diaryl/α,β-unsaturated/α-hetero) is 1. The molecule has 5 nitrogen and oxygen atoms in total. The third kappa shape index (κ3) is 4.20. The lowest BCUT2D eigenvalue weighted by atomic mass is 10.1. The number of thiophene rings is 1. The summed E-state index contributed by atoms with van der Waals surface area (Å²) in [6.07, 6.45) is 0.389. The molecule has 0 atom stereocenters. The second kappa shape index (κ2) is 7.70. The topological polar surface area (TPSA) is 55.8 Å². The summed E-state index contributed by atoms with van der Waals surface area (Å²) in [5, 5.41) is 2.02. The molecule has 1 aliphatic heterocycles. The van der Waals surface area contributed by atoms with Gasteiger partial charge < -0.3 is 14.4 Å². The van der Waals surface area contributed by atoms with Crippen LogP contribution in [-0.2, 0) is 11.3 Å². The zero-order valence-corrected chi connectivity index (χ0v) is 15.2. The highest BCUT2D eigenvalue weighted by Crippen LogP contribution is 2.31. The smallest absolute Gasteiger partial charge is 0.223 e. The number of hydrogen-bond acceptors (Lipinski definition) is 5. The minimum absolute atomic E-state index is 0.0290. The van der Waals surface area contributed by atoms with Crippen LogP contribution in [-0.4, -0.2) is 36.9 Å². The van der Waals surface area contributed by atoms with E-state index in [1.807, 2.05) is 18.4 Å². The molecule has 1 aromatic heterocycles. The molecule has 2 aromatic rings. The van der Waals surface area contributed by atoms with Gasteiger partial charge >= 0.3 is 0 Å². The zero-order valence-electron chi connectivity index (χ0n) is 14.4. The van der Waals surface area contributed by atoms with Crippen LogP contribution in [0.2, 0.25) is 0 Å². The number of benzene rings is 1. The lowest BCUT2D eigenvalue weighted by molar-refractivity contribution is -0.130. The fourth-order valence-electron chi connectivity index (χ4n) is 2.64. The van der Waals surface area contributed by atoms with E-state index in [4.69, 9.17) is 9.47 Å². The summed E-state index contributed by atoms with van der Waals surface area (Å²) < 4.78 is 10.9. The van der Waals surface area contributed by atoms with Gasteiger partial charge in [0.15, 0.2) is 17.3 Å². The molecule has 0 bridgehead atoms. The molecule has 0 spiro atoms. The molecule has 132 valence electrons. The molecule has 6 heteroatoms. The third-order valence-corrected chi connectivity index (χ3v) is 5.21. The van der Waals surface area contributed by atoms with E-state index in [2.05, 4.69) is 0 Å². The van der Waals surface area contributed by atoms with E-state index < -0.39 is 0 Å². The zero-order chi connectivity index (χ0) is 17.8. The van der Waals surface area contributed by atoms with Gasteiger partial charge in [-0.2, -0.15) is 0 Å². The van der Waals surface area contributed by atoms with Crippen molar-refractivity contribution in [3.8, 4) is 11.5 Å². The van der Waals surface area contributed by atoms with E-state index >= 15 is 0 Å². The molecular weight excluding hydrogens is 338 g/mol. The maximum Gasteiger partial charge on any atom is 0.223 e. The molecule has 2 heterocycles. The van der Waals surface area contributed by atoms with Crippen LogP contribution in [0.5, 0.6) is 11.5 Å². The summed E-state index contributed by atoms with van der Waals surface area (Å²) >= 11 is 1.64. The fourth-order valence-corrected chi connectivity index (χ4v) is 3.60. The Morgan fingerprint density at radius 3 is 2.60 bits per heavy atom. The number of hydrogen-bond donors (Lipinski definition) is 0. The molecule has 0 fully saturated rings. The van der Waals surface area contributed by atoms with Gasteiger partial charge in [-0.3, -0.25) is 9.59 Å². The van der Waals surface area contributed by atoms with Crippen molar-refractivity contribution >= 4 is 23.0 Å². The molecule has 0 unspecified atom stereocenters. The highest BCUT2D eigenvalue weighted by molar-refractivity contribution is 7.10. The molecule has 1 amide bonds. The van der Waals surface area contributed by atoms with E-state index in [-0.39, 0.29) is 24.5 Å². The summed E-state index contributed by atoms with van der Waals surface area (Å²) in [6.45, 7) is 3.62. The van der Waals surface area contributed by atoms with E-state index in [9.17, 15) is 9.59 Å². The highest BCUT2D eigenvalue weighted by Gasteiger charge is 2.17. The van der Waals surface area contributed by atoms with E-state index in [0.717, 1.165) is 0 Å². The van der Waals surface area contributed by atoms with E-state index in [0.29, 0.717) is 36.8 Å². The van der Waals surface area contributed by atoms with Crippen LogP contribution in [0.3, 0.4) is 0 Å². The van der Waals surface area contributed by atoms with Crippen molar-refractivity contribution in [1.29, 1.82) is 0 Å². The van der Waals surface area contributed by atoms with Crippen LogP contribution in [0.15, 0.2) is 29.6 Å². The summed E-state index contributed by atoms with van der Waals surface area (Å²) in [4.78, 5) is 27.5. The molecular formula is C19H21NO4S. The molecule has 0 saturated carbocycles. The second-order valence-corrected chi connectivity index (χ2v) is 7.06. The van der Waals surface area contributed by atoms with Crippen LogP contribution < -0.4 is 9.47 Å². The summed E-state index contributed by atoms with van der Waals surface area (Å²) in [5.41, 5.74) is 1.74. The summed E-state index contributed by atoms with van der Waals surface area (Å²) in [6, 6.07) is 7.21. The van der Waals surface area contributed by atoms with Gasteiger partial charge in [-0.25, -0.2) is 0 Å². The van der Waals surface area contributed by atoms with Crippen molar-refractivity contribution in [3.05, 3.63) is 45.6 Å². The minimum Gasteiger partial charge on any atom is -0.486 e. The number of aryl methyl sites for hydroxylation is 1. The number of amides is 1. The third-order valence-electron chi connectivity index (χ3n) is 4.20. The number of ether oxygens (including phenoxy) is 2. The Bertz CT molecular complexity index is 783. The number of nitrogens with zero attached hydrogens (tertiary/aromatic N) is 1. The molecule has 3 rings (SSSR count). The Kier molecular flexibility index (Phi) is 5.38. The van der Waals surface area contributed by atoms with Gasteiger partial charge in [-0.1, -0.05) is 0 Å². The van der Waals surface area contributed by atoms with Crippen LogP contribution in [0.1, 0.15) is 33.6 Å². The lowest BCUT2D eigenvalue weighted by Gasteiger charge is -2.19. The average Bonchev–Trinajstić information content (AvgIpc) is 3.03. The molecule has 0 aliphatic carbocycles. The second-order valence-electron chi connectivity index (χ2n) is 6.06. The van der Waals surface area contributed by atoms with Crippen LogP contribution >= 0.6 is 11.3 Å². The van der Waals surface area contributed by atoms with Gasteiger partial charge in [0.2, 0.25) is 5.91 Å². The first kappa shape index (κ1) is 17.5. The van der Waals surface area contributed by atoms with Crippen molar-refractivity contribution in [3.63, 3.8) is 0 Å². The van der Waals surface area contributed by atoms with Gasteiger partial charge in [0.25, 0.3) is 0 Å².